The topological polar surface area (TPSA) is 73.2 Å². The molecule has 1 N–H and O–H groups in total. The molecule has 1 aromatic heterocycles. The van der Waals surface area contributed by atoms with E-state index in [-0.39, 0.29) is 42.8 Å². The predicted octanol–water partition coefficient (Wildman–Crippen LogP) is 2.81. The predicted molar refractivity (Wildman–Crippen MR) is 112 cm³/mol. The van der Waals surface area contributed by atoms with E-state index in [1.807, 2.05) is 18.2 Å². The van der Waals surface area contributed by atoms with E-state index >= 15 is 0 Å². The van der Waals surface area contributed by atoms with E-state index in [4.69, 9.17) is 4.74 Å². The Labute approximate surface area is 173 Å². The first kappa shape index (κ1) is 20.2. The van der Waals surface area contributed by atoms with Crippen molar-refractivity contribution in [2.24, 2.45) is 0 Å². The standard InChI is InChI=1S/C23H24FN3O3/c24-18-8-2-1-6-16(18)15-27-21-10-4-3-9-19(21)26-20(23(27)29)11-12-22(28)25-14-17-7-5-13-30-17/h1-4,6,8-10,17H,5,7,11-15H2,(H,25,28). The third-order valence-corrected chi connectivity index (χ3v) is 5.35. The molecule has 0 saturated carbocycles. The maximum atomic E-state index is 14.2. The van der Waals surface area contributed by atoms with Gasteiger partial charge in [0.05, 0.1) is 23.7 Å². The lowest BCUT2D eigenvalue weighted by molar-refractivity contribution is -0.121. The van der Waals surface area contributed by atoms with Crippen LogP contribution in [0.1, 0.15) is 30.5 Å². The van der Waals surface area contributed by atoms with E-state index in [0.717, 1.165) is 19.4 Å². The van der Waals surface area contributed by atoms with Crippen LogP contribution in [0.5, 0.6) is 0 Å². The number of fused-ring (bicyclic) bond motifs is 1. The van der Waals surface area contributed by atoms with E-state index < -0.39 is 0 Å². The molecule has 0 aliphatic carbocycles. The van der Waals surface area contributed by atoms with Gasteiger partial charge in [0.25, 0.3) is 5.56 Å². The number of aryl methyl sites for hydroxylation is 1. The molecule has 0 radical (unpaired) electrons. The summed E-state index contributed by atoms with van der Waals surface area (Å²) in [5, 5.41) is 2.86. The lowest BCUT2D eigenvalue weighted by Crippen LogP contribution is -2.33. The van der Waals surface area contributed by atoms with Gasteiger partial charge in [-0.1, -0.05) is 30.3 Å². The van der Waals surface area contributed by atoms with Gasteiger partial charge in [-0.15, -0.1) is 0 Å². The largest absolute Gasteiger partial charge is 0.376 e. The van der Waals surface area contributed by atoms with Crippen LogP contribution in [0, 0.1) is 5.82 Å². The second-order valence-electron chi connectivity index (χ2n) is 7.47. The second-order valence-corrected chi connectivity index (χ2v) is 7.47. The van der Waals surface area contributed by atoms with E-state index in [1.54, 1.807) is 24.3 Å². The molecule has 2 heterocycles. The minimum Gasteiger partial charge on any atom is -0.376 e. The molecule has 30 heavy (non-hydrogen) atoms. The Morgan fingerprint density at radius 1 is 1.20 bits per heavy atom. The Balaban J connectivity index is 1.54. The molecule has 156 valence electrons. The highest BCUT2D eigenvalue weighted by molar-refractivity contribution is 5.77. The van der Waals surface area contributed by atoms with Gasteiger partial charge in [-0.2, -0.15) is 0 Å². The van der Waals surface area contributed by atoms with Crippen molar-refractivity contribution in [1.29, 1.82) is 0 Å². The van der Waals surface area contributed by atoms with Crippen molar-refractivity contribution in [3.8, 4) is 0 Å². The zero-order valence-electron chi connectivity index (χ0n) is 16.6. The Morgan fingerprint density at radius 3 is 2.80 bits per heavy atom. The molecule has 1 fully saturated rings. The van der Waals surface area contributed by atoms with Crippen LogP contribution in [0.25, 0.3) is 11.0 Å². The van der Waals surface area contributed by atoms with Crippen molar-refractivity contribution < 1.29 is 13.9 Å². The van der Waals surface area contributed by atoms with Gasteiger partial charge >= 0.3 is 0 Å². The summed E-state index contributed by atoms with van der Waals surface area (Å²) in [4.78, 5) is 29.8. The molecule has 1 atom stereocenters. The van der Waals surface area contributed by atoms with Crippen molar-refractivity contribution in [3.63, 3.8) is 0 Å². The van der Waals surface area contributed by atoms with Crippen molar-refractivity contribution in [1.82, 2.24) is 14.9 Å². The molecular formula is C23H24FN3O3. The van der Waals surface area contributed by atoms with Crippen molar-refractivity contribution >= 4 is 16.9 Å². The third kappa shape index (κ3) is 4.57. The number of hydrogen-bond acceptors (Lipinski definition) is 4. The Hall–Kier alpha value is -3.06. The normalized spacial score (nSPS) is 16.1. The van der Waals surface area contributed by atoms with Crippen LogP contribution in [-0.2, 0) is 22.5 Å². The Bertz CT molecular complexity index is 1110. The fourth-order valence-corrected chi connectivity index (χ4v) is 3.72. The summed E-state index contributed by atoms with van der Waals surface area (Å²) in [7, 11) is 0. The number of nitrogens with one attached hydrogen (secondary N) is 1. The highest BCUT2D eigenvalue weighted by Crippen LogP contribution is 2.15. The van der Waals surface area contributed by atoms with Crippen LogP contribution in [-0.4, -0.2) is 34.7 Å². The van der Waals surface area contributed by atoms with Gasteiger partial charge in [-0.05, 0) is 31.0 Å². The number of para-hydroxylation sites is 2. The lowest BCUT2D eigenvalue weighted by Gasteiger charge is -2.13. The highest BCUT2D eigenvalue weighted by Gasteiger charge is 2.17. The summed E-state index contributed by atoms with van der Waals surface area (Å²) in [6.45, 7) is 1.33. The lowest BCUT2D eigenvalue weighted by atomic mass is 10.1. The number of halogens is 1. The number of benzene rings is 2. The van der Waals surface area contributed by atoms with Gasteiger partial charge in [0.1, 0.15) is 11.5 Å². The van der Waals surface area contributed by atoms with Crippen LogP contribution in [0.4, 0.5) is 4.39 Å². The maximum absolute atomic E-state index is 14.2. The first-order chi connectivity index (χ1) is 14.6. The molecular weight excluding hydrogens is 385 g/mol. The van der Waals surface area contributed by atoms with Crippen LogP contribution in [0.15, 0.2) is 53.3 Å². The van der Waals surface area contributed by atoms with Gasteiger partial charge < -0.3 is 14.6 Å². The quantitative estimate of drug-likeness (QED) is 0.651. The van der Waals surface area contributed by atoms with Gasteiger partial charge in [0.2, 0.25) is 5.91 Å². The maximum Gasteiger partial charge on any atom is 0.273 e. The first-order valence-electron chi connectivity index (χ1n) is 10.2. The molecule has 1 saturated heterocycles. The van der Waals surface area contributed by atoms with Gasteiger partial charge in [-0.25, -0.2) is 9.37 Å². The third-order valence-electron chi connectivity index (χ3n) is 5.35. The molecule has 1 amide bonds. The zero-order valence-corrected chi connectivity index (χ0v) is 16.6. The summed E-state index contributed by atoms with van der Waals surface area (Å²) in [5.74, 6) is -0.499. The number of nitrogens with zero attached hydrogens (tertiary/aromatic N) is 2. The number of rotatable bonds is 7. The molecule has 0 bridgehead atoms. The Kier molecular flexibility index (Phi) is 6.18. The number of hydrogen-bond donors (Lipinski definition) is 1. The molecule has 7 heteroatoms. The highest BCUT2D eigenvalue weighted by atomic mass is 19.1. The van der Waals surface area contributed by atoms with Crippen LogP contribution in [0.3, 0.4) is 0 Å². The van der Waals surface area contributed by atoms with Crippen LogP contribution >= 0.6 is 0 Å². The van der Waals surface area contributed by atoms with Crippen molar-refractivity contribution in [3.05, 3.63) is 76.0 Å². The minimum absolute atomic E-state index is 0.0748. The summed E-state index contributed by atoms with van der Waals surface area (Å²) in [5.41, 5.74) is 1.71. The number of amides is 1. The van der Waals surface area contributed by atoms with E-state index in [0.29, 0.717) is 28.8 Å². The van der Waals surface area contributed by atoms with E-state index in [9.17, 15) is 14.0 Å². The van der Waals surface area contributed by atoms with Gasteiger partial charge in [0.15, 0.2) is 0 Å². The van der Waals surface area contributed by atoms with E-state index in [2.05, 4.69) is 10.3 Å². The molecule has 0 spiro atoms. The van der Waals surface area contributed by atoms with Crippen molar-refractivity contribution in [2.75, 3.05) is 13.2 Å². The molecule has 2 aromatic carbocycles. The molecule has 1 aliphatic heterocycles. The summed E-state index contributed by atoms with van der Waals surface area (Å²) in [6.07, 6.45) is 2.42. The number of aromatic nitrogens is 2. The fraction of sp³-hybridized carbons (Fsp3) is 0.348. The summed E-state index contributed by atoms with van der Waals surface area (Å²) in [6, 6.07) is 13.7. The molecule has 4 rings (SSSR count). The number of carbonyl (C=O) groups excluding carboxylic acids is 1. The monoisotopic (exact) mass is 409 g/mol. The zero-order chi connectivity index (χ0) is 20.9. The fourth-order valence-electron chi connectivity index (χ4n) is 3.72. The van der Waals surface area contributed by atoms with Crippen LogP contribution < -0.4 is 10.9 Å². The van der Waals surface area contributed by atoms with E-state index in [1.165, 1.54) is 10.6 Å². The number of ether oxygens (including phenoxy) is 1. The molecule has 1 unspecified atom stereocenters. The summed E-state index contributed by atoms with van der Waals surface area (Å²) >= 11 is 0. The minimum atomic E-state index is -0.361. The first-order valence-corrected chi connectivity index (χ1v) is 10.2. The summed E-state index contributed by atoms with van der Waals surface area (Å²) < 4.78 is 21.2. The molecule has 3 aromatic rings. The smallest absolute Gasteiger partial charge is 0.273 e. The van der Waals surface area contributed by atoms with Crippen molar-refractivity contribution in [2.45, 2.75) is 38.3 Å². The average molecular weight is 409 g/mol. The Morgan fingerprint density at radius 2 is 2.00 bits per heavy atom. The molecule has 1 aliphatic rings. The second kappa shape index (κ2) is 9.17. The SMILES string of the molecule is O=C(CCc1nc2ccccc2n(Cc2ccccc2F)c1=O)NCC1CCCO1. The number of carbonyl (C=O) groups is 1. The molecule has 6 nitrogen and oxygen atoms in total. The average Bonchev–Trinajstić information content (AvgIpc) is 3.28. The van der Waals surface area contributed by atoms with Gasteiger partial charge in [0, 0.05) is 31.6 Å². The van der Waals surface area contributed by atoms with Gasteiger partial charge in [-0.3, -0.25) is 9.59 Å². The van der Waals surface area contributed by atoms with Crippen LogP contribution in [0.2, 0.25) is 0 Å².